The molecule has 1 aromatic heterocycles. The molecule has 0 amide bonds. The highest BCUT2D eigenvalue weighted by Gasteiger charge is 2.02. The van der Waals surface area contributed by atoms with E-state index in [-0.39, 0.29) is 0 Å². The largest absolute Gasteiger partial charge is 0.376 e. The standard InChI is InChI=1S/C11H14N2O/c1-9(2)7-14-8-10-4-3-5-13-11(10)6-12/h3-5,9H,7-8H2,1-2H3. The molecule has 0 aliphatic carbocycles. The second-order valence-electron chi connectivity index (χ2n) is 3.53. The maximum atomic E-state index is 8.76. The third-order valence-corrected chi connectivity index (χ3v) is 1.71. The summed E-state index contributed by atoms with van der Waals surface area (Å²) in [6, 6.07) is 5.72. The molecule has 0 unspecified atom stereocenters. The molecule has 74 valence electrons. The molecule has 3 heteroatoms. The van der Waals surface area contributed by atoms with Crippen molar-refractivity contribution in [2.24, 2.45) is 5.92 Å². The van der Waals surface area contributed by atoms with Gasteiger partial charge in [-0.15, -0.1) is 0 Å². The first-order chi connectivity index (χ1) is 6.74. The van der Waals surface area contributed by atoms with Crippen LogP contribution in [-0.2, 0) is 11.3 Å². The molecule has 0 radical (unpaired) electrons. The molecule has 3 nitrogen and oxygen atoms in total. The van der Waals surface area contributed by atoms with Gasteiger partial charge in [-0.1, -0.05) is 19.9 Å². The van der Waals surface area contributed by atoms with Gasteiger partial charge in [0.15, 0.2) is 0 Å². The van der Waals surface area contributed by atoms with Crippen LogP contribution in [0.3, 0.4) is 0 Å². The van der Waals surface area contributed by atoms with Crippen molar-refractivity contribution < 1.29 is 4.74 Å². The van der Waals surface area contributed by atoms with Crippen LogP contribution < -0.4 is 0 Å². The summed E-state index contributed by atoms with van der Waals surface area (Å²) in [5.41, 5.74) is 1.31. The van der Waals surface area contributed by atoms with Crippen LogP contribution >= 0.6 is 0 Å². The van der Waals surface area contributed by atoms with Crippen molar-refractivity contribution in [3.8, 4) is 6.07 Å². The summed E-state index contributed by atoms with van der Waals surface area (Å²) in [7, 11) is 0. The fourth-order valence-corrected chi connectivity index (χ4v) is 1.06. The number of hydrogen-bond acceptors (Lipinski definition) is 3. The van der Waals surface area contributed by atoms with E-state index in [0.717, 1.165) is 5.56 Å². The van der Waals surface area contributed by atoms with E-state index >= 15 is 0 Å². The molecule has 1 aromatic rings. The van der Waals surface area contributed by atoms with Crippen molar-refractivity contribution in [3.05, 3.63) is 29.6 Å². The van der Waals surface area contributed by atoms with Gasteiger partial charge in [-0.2, -0.15) is 5.26 Å². The third kappa shape index (κ3) is 3.15. The average molecular weight is 190 g/mol. The minimum atomic E-state index is 0.455. The molecule has 0 saturated heterocycles. The molecule has 0 bridgehead atoms. The van der Waals surface area contributed by atoms with Crippen LogP contribution in [0.25, 0.3) is 0 Å². The van der Waals surface area contributed by atoms with Gasteiger partial charge in [0.2, 0.25) is 0 Å². The zero-order valence-electron chi connectivity index (χ0n) is 8.53. The van der Waals surface area contributed by atoms with Gasteiger partial charge in [-0.25, -0.2) is 4.98 Å². The van der Waals surface area contributed by atoms with Gasteiger partial charge in [-0.3, -0.25) is 0 Å². The maximum Gasteiger partial charge on any atom is 0.145 e. The summed E-state index contributed by atoms with van der Waals surface area (Å²) in [4.78, 5) is 3.95. The van der Waals surface area contributed by atoms with E-state index in [1.807, 2.05) is 18.2 Å². The predicted molar refractivity (Wildman–Crippen MR) is 53.4 cm³/mol. The lowest BCUT2D eigenvalue weighted by Crippen LogP contribution is -2.03. The fraction of sp³-hybridized carbons (Fsp3) is 0.455. The Labute approximate surface area is 84.3 Å². The number of nitriles is 1. The van der Waals surface area contributed by atoms with E-state index in [0.29, 0.717) is 24.8 Å². The van der Waals surface area contributed by atoms with E-state index < -0.39 is 0 Å². The number of ether oxygens (including phenoxy) is 1. The topological polar surface area (TPSA) is 45.9 Å². The van der Waals surface area contributed by atoms with Crippen molar-refractivity contribution in [1.82, 2.24) is 4.98 Å². The van der Waals surface area contributed by atoms with Gasteiger partial charge < -0.3 is 4.74 Å². The first kappa shape index (κ1) is 10.7. The highest BCUT2D eigenvalue weighted by molar-refractivity contribution is 5.29. The third-order valence-electron chi connectivity index (χ3n) is 1.71. The first-order valence-corrected chi connectivity index (χ1v) is 4.65. The van der Waals surface area contributed by atoms with E-state index in [4.69, 9.17) is 10.00 Å². The lowest BCUT2D eigenvalue weighted by molar-refractivity contribution is 0.0967. The molecule has 0 aromatic carbocycles. The fourth-order valence-electron chi connectivity index (χ4n) is 1.06. The summed E-state index contributed by atoms with van der Waals surface area (Å²) < 4.78 is 5.43. The summed E-state index contributed by atoms with van der Waals surface area (Å²) in [5.74, 6) is 0.511. The van der Waals surface area contributed by atoms with Gasteiger partial charge in [0, 0.05) is 18.4 Å². The number of hydrogen-bond donors (Lipinski definition) is 0. The Hall–Kier alpha value is -1.40. The lowest BCUT2D eigenvalue weighted by Gasteiger charge is -2.07. The van der Waals surface area contributed by atoms with Crippen LogP contribution in [0.1, 0.15) is 25.1 Å². The van der Waals surface area contributed by atoms with E-state index in [1.165, 1.54) is 0 Å². The van der Waals surface area contributed by atoms with Gasteiger partial charge in [0.1, 0.15) is 11.8 Å². The number of rotatable bonds is 4. The Balaban J connectivity index is 2.54. The molecule has 0 aliphatic heterocycles. The first-order valence-electron chi connectivity index (χ1n) is 4.65. The minimum absolute atomic E-state index is 0.455. The Bertz CT molecular complexity index is 328. The summed E-state index contributed by atoms with van der Waals surface area (Å²) >= 11 is 0. The van der Waals surface area contributed by atoms with Crippen molar-refractivity contribution in [2.45, 2.75) is 20.5 Å². The van der Waals surface area contributed by atoms with E-state index in [1.54, 1.807) is 6.20 Å². The smallest absolute Gasteiger partial charge is 0.145 e. The van der Waals surface area contributed by atoms with Crippen molar-refractivity contribution in [3.63, 3.8) is 0 Å². The van der Waals surface area contributed by atoms with Gasteiger partial charge in [0.25, 0.3) is 0 Å². The minimum Gasteiger partial charge on any atom is -0.376 e. The molecular weight excluding hydrogens is 176 g/mol. The van der Waals surface area contributed by atoms with Gasteiger partial charge in [0.05, 0.1) is 6.61 Å². The van der Waals surface area contributed by atoms with Gasteiger partial charge in [-0.05, 0) is 12.0 Å². The quantitative estimate of drug-likeness (QED) is 0.730. The highest BCUT2D eigenvalue weighted by atomic mass is 16.5. The molecular formula is C11H14N2O. The second kappa shape index (κ2) is 5.36. The number of nitrogens with zero attached hydrogens (tertiary/aromatic N) is 2. The zero-order valence-corrected chi connectivity index (χ0v) is 8.53. The average Bonchev–Trinajstić information content (AvgIpc) is 2.18. The predicted octanol–water partition coefficient (Wildman–Crippen LogP) is 2.13. The van der Waals surface area contributed by atoms with Crippen LogP contribution in [0.15, 0.2) is 18.3 Å². The van der Waals surface area contributed by atoms with Crippen molar-refractivity contribution >= 4 is 0 Å². The van der Waals surface area contributed by atoms with Crippen molar-refractivity contribution in [1.29, 1.82) is 5.26 Å². The molecule has 0 saturated carbocycles. The summed E-state index contributed by atoms with van der Waals surface area (Å²) in [6.07, 6.45) is 1.62. The Morgan fingerprint density at radius 2 is 2.36 bits per heavy atom. The maximum absolute atomic E-state index is 8.76. The van der Waals surface area contributed by atoms with Crippen molar-refractivity contribution in [2.75, 3.05) is 6.61 Å². The molecule has 1 rings (SSSR count). The Morgan fingerprint density at radius 3 is 3.00 bits per heavy atom. The molecule has 0 N–H and O–H groups in total. The monoisotopic (exact) mass is 190 g/mol. The van der Waals surface area contributed by atoms with E-state index in [2.05, 4.69) is 18.8 Å². The summed E-state index contributed by atoms with van der Waals surface area (Å²) in [5, 5.41) is 8.76. The molecule has 0 atom stereocenters. The van der Waals surface area contributed by atoms with E-state index in [9.17, 15) is 0 Å². The molecule has 0 spiro atoms. The molecule has 1 heterocycles. The second-order valence-corrected chi connectivity index (χ2v) is 3.53. The molecule has 14 heavy (non-hydrogen) atoms. The zero-order chi connectivity index (χ0) is 10.4. The van der Waals surface area contributed by atoms with Crippen LogP contribution in [0, 0.1) is 17.2 Å². The SMILES string of the molecule is CC(C)COCc1cccnc1C#N. The Morgan fingerprint density at radius 1 is 1.57 bits per heavy atom. The normalized spacial score (nSPS) is 10.1. The number of pyridine rings is 1. The molecule has 0 fully saturated rings. The van der Waals surface area contributed by atoms with Crippen LogP contribution in [0.2, 0.25) is 0 Å². The lowest BCUT2D eigenvalue weighted by atomic mass is 10.2. The number of aromatic nitrogens is 1. The molecule has 0 aliphatic rings. The van der Waals surface area contributed by atoms with Gasteiger partial charge >= 0.3 is 0 Å². The summed E-state index contributed by atoms with van der Waals surface area (Å²) in [6.45, 7) is 5.36. The van der Waals surface area contributed by atoms with Crippen LogP contribution in [-0.4, -0.2) is 11.6 Å². The highest BCUT2D eigenvalue weighted by Crippen LogP contribution is 2.06. The van der Waals surface area contributed by atoms with Crippen LogP contribution in [0.4, 0.5) is 0 Å². The van der Waals surface area contributed by atoms with Crippen LogP contribution in [0.5, 0.6) is 0 Å². The Kier molecular flexibility index (Phi) is 4.09.